The Morgan fingerprint density at radius 3 is 2.50 bits per heavy atom. The summed E-state index contributed by atoms with van der Waals surface area (Å²) < 4.78 is 5.88. The van der Waals surface area contributed by atoms with Crippen LogP contribution in [0.1, 0.15) is 46.0 Å². The third-order valence-corrected chi connectivity index (χ3v) is 6.66. The predicted octanol–water partition coefficient (Wildman–Crippen LogP) is 3.06. The van der Waals surface area contributed by atoms with Crippen LogP contribution in [0, 0.1) is 11.3 Å². The van der Waals surface area contributed by atoms with Crippen molar-refractivity contribution in [2.24, 2.45) is 11.3 Å². The lowest BCUT2D eigenvalue weighted by atomic mass is 9.57. The van der Waals surface area contributed by atoms with Crippen LogP contribution in [-0.2, 0) is 4.74 Å². The SMILES string of the molecule is CSC1CCC(NC2C3CCOC3C2(C)C)CC1. The lowest BCUT2D eigenvalue weighted by Crippen LogP contribution is -2.67. The fourth-order valence-corrected chi connectivity index (χ4v) is 5.13. The summed E-state index contributed by atoms with van der Waals surface area (Å²) in [7, 11) is 0. The van der Waals surface area contributed by atoms with E-state index >= 15 is 0 Å². The Kier molecular flexibility index (Phi) is 3.68. The Labute approximate surface area is 116 Å². The van der Waals surface area contributed by atoms with E-state index in [0.29, 0.717) is 17.6 Å². The third-order valence-electron chi connectivity index (χ3n) is 5.52. The van der Waals surface area contributed by atoms with E-state index in [2.05, 4.69) is 37.2 Å². The van der Waals surface area contributed by atoms with Crippen molar-refractivity contribution in [1.29, 1.82) is 0 Å². The molecule has 3 atom stereocenters. The molecule has 2 saturated carbocycles. The first-order valence-electron chi connectivity index (χ1n) is 7.53. The van der Waals surface area contributed by atoms with E-state index in [1.807, 2.05) is 0 Å². The van der Waals surface area contributed by atoms with E-state index in [1.54, 1.807) is 0 Å². The Bertz CT molecular complexity index is 299. The van der Waals surface area contributed by atoms with Gasteiger partial charge < -0.3 is 10.1 Å². The first-order valence-corrected chi connectivity index (χ1v) is 8.82. The summed E-state index contributed by atoms with van der Waals surface area (Å²) in [5.41, 5.74) is 0.345. The minimum atomic E-state index is 0.345. The van der Waals surface area contributed by atoms with Gasteiger partial charge in [-0.2, -0.15) is 11.8 Å². The van der Waals surface area contributed by atoms with Crippen LogP contribution in [0.3, 0.4) is 0 Å². The summed E-state index contributed by atoms with van der Waals surface area (Å²) in [6.07, 6.45) is 9.59. The first kappa shape index (κ1) is 13.3. The summed E-state index contributed by atoms with van der Waals surface area (Å²) in [6.45, 7) is 5.74. The lowest BCUT2D eigenvalue weighted by Gasteiger charge is -2.56. The van der Waals surface area contributed by atoms with Gasteiger partial charge in [-0.05, 0) is 38.4 Å². The molecular formula is C15H27NOS. The molecule has 1 heterocycles. The van der Waals surface area contributed by atoms with Crippen LogP contribution < -0.4 is 5.32 Å². The van der Waals surface area contributed by atoms with Crippen molar-refractivity contribution in [2.45, 2.75) is 69.4 Å². The van der Waals surface area contributed by atoms with Gasteiger partial charge in [-0.3, -0.25) is 0 Å². The average Bonchev–Trinajstić information content (AvgIpc) is 2.83. The van der Waals surface area contributed by atoms with E-state index in [4.69, 9.17) is 4.74 Å². The van der Waals surface area contributed by atoms with E-state index in [0.717, 1.165) is 23.8 Å². The van der Waals surface area contributed by atoms with E-state index in [-0.39, 0.29) is 0 Å². The molecule has 0 spiro atoms. The first-order chi connectivity index (χ1) is 8.63. The third kappa shape index (κ3) is 2.12. The van der Waals surface area contributed by atoms with Gasteiger partial charge in [0.15, 0.2) is 0 Å². The molecule has 3 fully saturated rings. The molecule has 0 aromatic carbocycles. The monoisotopic (exact) mass is 269 g/mol. The molecule has 0 aromatic rings. The molecule has 3 aliphatic rings. The van der Waals surface area contributed by atoms with Gasteiger partial charge in [0.1, 0.15) is 0 Å². The van der Waals surface area contributed by atoms with Crippen LogP contribution in [0.5, 0.6) is 0 Å². The predicted molar refractivity (Wildman–Crippen MR) is 78.1 cm³/mol. The highest BCUT2D eigenvalue weighted by atomic mass is 32.2. The van der Waals surface area contributed by atoms with Crippen molar-refractivity contribution in [3.8, 4) is 0 Å². The molecule has 0 aromatic heterocycles. The highest BCUT2D eigenvalue weighted by Gasteiger charge is 2.59. The molecular weight excluding hydrogens is 242 g/mol. The van der Waals surface area contributed by atoms with Gasteiger partial charge in [-0.1, -0.05) is 13.8 Å². The number of hydrogen-bond donors (Lipinski definition) is 1. The highest BCUT2D eigenvalue weighted by molar-refractivity contribution is 7.99. The minimum absolute atomic E-state index is 0.345. The van der Waals surface area contributed by atoms with Crippen LogP contribution in [-0.4, -0.2) is 36.3 Å². The molecule has 2 nitrogen and oxygen atoms in total. The second kappa shape index (κ2) is 4.99. The van der Waals surface area contributed by atoms with Gasteiger partial charge in [-0.25, -0.2) is 0 Å². The van der Waals surface area contributed by atoms with Gasteiger partial charge in [-0.15, -0.1) is 0 Å². The van der Waals surface area contributed by atoms with Crippen LogP contribution >= 0.6 is 11.8 Å². The van der Waals surface area contributed by atoms with Crippen molar-refractivity contribution in [3.63, 3.8) is 0 Å². The standard InChI is InChI=1S/C15H27NOS/c1-15(2)13(12-8-9-17-14(12)15)16-10-4-6-11(18-3)7-5-10/h10-14,16H,4-9H2,1-3H3. The molecule has 1 aliphatic heterocycles. The van der Waals surface area contributed by atoms with Crippen molar-refractivity contribution in [2.75, 3.05) is 12.9 Å². The van der Waals surface area contributed by atoms with Crippen LogP contribution in [0.15, 0.2) is 0 Å². The van der Waals surface area contributed by atoms with Gasteiger partial charge in [0, 0.05) is 35.3 Å². The zero-order valence-corrected chi connectivity index (χ0v) is 12.8. The Morgan fingerprint density at radius 2 is 1.83 bits per heavy atom. The molecule has 2 aliphatic carbocycles. The maximum Gasteiger partial charge on any atom is 0.0685 e. The zero-order valence-electron chi connectivity index (χ0n) is 11.9. The summed E-state index contributed by atoms with van der Waals surface area (Å²) in [6, 6.07) is 1.46. The fourth-order valence-electron chi connectivity index (χ4n) is 4.38. The largest absolute Gasteiger partial charge is 0.377 e. The maximum atomic E-state index is 5.88. The molecule has 1 N–H and O–H groups in total. The average molecular weight is 269 g/mol. The van der Waals surface area contributed by atoms with Gasteiger partial charge >= 0.3 is 0 Å². The van der Waals surface area contributed by atoms with E-state index < -0.39 is 0 Å². The lowest BCUT2D eigenvalue weighted by molar-refractivity contribution is -0.116. The molecule has 104 valence electrons. The van der Waals surface area contributed by atoms with Crippen LogP contribution in [0.25, 0.3) is 0 Å². The molecule has 0 amide bonds. The second-order valence-corrected chi connectivity index (χ2v) is 8.06. The van der Waals surface area contributed by atoms with E-state index in [1.165, 1.54) is 32.1 Å². The number of rotatable bonds is 3. The number of ether oxygens (including phenoxy) is 1. The summed E-state index contributed by atoms with van der Waals surface area (Å²) >= 11 is 2.05. The molecule has 3 heteroatoms. The second-order valence-electron chi connectivity index (χ2n) is 6.92. The Morgan fingerprint density at radius 1 is 1.11 bits per heavy atom. The molecule has 3 rings (SSSR count). The van der Waals surface area contributed by atoms with E-state index in [9.17, 15) is 0 Å². The van der Waals surface area contributed by atoms with Crippen molar-refractivity contribution in [1.82, 2.24) is 5.32 Å². The highest BCUT2D eigenvalue weighted by Crippen LogP contribution is 2.52. The van der Waals surface area contributed by atoms with Crippen LogP contribution in [0.2, 0.25) is 0 Å². The number of fused-ring (bicyclic) bond motifs is 1. The smallest absolute Gasteiger partial charge is 0.0685 e. The van der Waals surface area contributed by atoms with Gasteiger partial charge in [0.05, 0.1) is 6.10 Å². The Balaban J connectivity index is 1.54. The topological polar surface area (TPSA) is 21.3 Å². The molecule has 1 saturated heterocycles. The molecule has 0 radical (unpaired) electrons. The van der Waals surface area contributed by atoms with Crippen molar-refractivity contribution < 1.29 is 4.74 Å². The zero-order chi connectivity index (χ0) is 12.8. The van der Waals surface area contributed by atoms with Crippen molar-refractivity contribution >= 4 is 11.8 Å². The summed E-state index contributed by atoms with van der Waals surface area (Å²) in [5.74, 6) is 0.790. The molecule has 0 bridgehead atoms. The number of hydrogen-bond acceptors (Lipinski definition) is 3. The molecule has 3 unspecified atom stereocenters. The fraction of sp³-hybridized carbons (Fsp3) is 1.00. The number of nitrogens with one attached hydrogen (secondary N) is 1. The van der Waals surface area contributed by atoms with Crippen LogP contribution in [0.4, 0.5) is 0 Å². The number of thioether (sulfide) groups is 1. The minimum Gasteiger partial charge on any atom is -0.377 e. The molecule has 18 heavy (non-hydrogen) atoms. The van der Waals surface area contributed by atoms with Gasteiger partial charge in [0.25, 0.3) is 0 Å². The quantitative estimate of drug-likeness (QED) is 0.851. The maximum absolute atomic E-state index is 5.88. The normalized spacial score (nSPS) is 46.5. The Hall–Kier alpha value is 0.270. The summed E-state index contributed by atoms with van der Waals surface area (Å²) in [5, 5.41) is 4.89. The summed E-state index contributed by atoms with van der Waals surface area (Å²) in [4.78, 5) is 0. The van der Waals surface area contributed by atoms with Crippen molar-refractivity contribution in [3.05, 3.63) is 0 Å². The van der Waals surface area contributed by atoms with Gasteiger partial charge in [0.2, 0.25) is 0 Å².